The molecule has 0 fully saturated rings. The van der Waals surface area contributed by atoms with Crippen molar-refractivity contribution in [1.82, 2.24) is 0 Å². The van der Waals surface area contributed by atoms with Crippen molar-refractivity contribution in [3.8, 4) is 0 Å². The average molecular weight is 191 g/mol. The van der Waals surface area contributed by atoms with Gasteiger partial charge in [0, 0.05) is 17.7 Å². The topological polar surface area (TPSA) is 43.1 Å². The second-order valence-electron chi connectivity index (χ2n) is 4.11. The van der Waals surface area contributed by atoms with Crippen molar-refractivity contribution in [1.29, 1.82) is 0 Å². The van der Waals surface area contributed by atoms with Crippen molar-refractivity contribution in [2.45, 2.75) is 27.2 Å². The lowest BCUT2D eigenvalue weighted by Crippen LogP contribution is -2.07. The molecule has 0 bridgehead atoms. The summed E-state index contributed by atoms with van der Waals surface area (Å²) in [5.74, 6) is 0.517. The van der Waals surface area contributed by atoms with E-state index in [0.29, 0.717) is 23.6 Å². The molecular formula is C12H17NO. The molecule has 0 saturated heterocycles. The Morgan fingerprint density at radius 2 is 2.07 bits per heavy atom. The number of carbonyl (C=O) groups is 1. The highest BCUT2D eigenvalue weighted by atomic mass is 16.1. The quantitative estimate of drug-likeness (QED) is 0.589. The lowest BCUT2D eigenvalue weighted by atomic mass is 9.98. The van der Waals surface area contributed by atoms with Gasteiger partial charge < -0.3 is 5.73 Å². The molecule has 0 saturated carbocycles. The third-order valence-electron chi connectivity index (χ3n) is 2.10. The second kappa shape index (κ2) is 4.27. The normalized spacial score (nSPS) is 10.6. The first-order valence-corrected chi connectivity index (χ1v) is 4.90. The number of nitrogen functional groups attached to an aromatic ring is 1. The average Bonchev–Trinajstić information content (AvgIpc) is 2.08. The molecule has 0 amide bonds. The van der Waals surface area contributed by atoms with Gasteiger partial charge in [0.1, 0.15) is 0 Å². The van der Waals surface area contributed by atoms with E-state index in [0.717, 1.165) is 5.56 Å². The molecule has 0 aromatic heterocycles. The third kappa shape index (κ3) is 2.59. The molecule has 1 rings (SSSR count). The number of hydrogen-bond acceptors (Lipinski definition) is 2. The lowest BCUT2D eigenvalue weighted by Gasteiger charge is -2.07. The van der Waals surface area contributed by atoms with E-state index in [9.17, 15) is 4.79 Å². The van der Waals surface area contributed by atoms with Gasteiger partial charge in [0.05, 0.1) is 0 Å². The first kappa shape index (κ1) is 10.8. The molecule has 0 heterocycles. The molecule has 0 unspecified atom stereocenters. The first-order valence-electron chi connectivity index (χ1n) is 4.90. The minimum absolute atomic E-state index is 0.140. The summed E-state index contributed by atoms with van der Waals surface area (Å²) in [6.45, 7) is 6.03. The molecule has 2 nitrogen and oxygen atoms in total. The molecule has 0 spiro atoms. The Morgan fingerprint density at radius 1 is 1.43 bits per heavy atom. The lowest BCUT2D eigenvalue weighted by molar-refractivity contribution is 0.0968. The predicted molar refractivity (Wildman–Crippen MR) is 59.4 cm³/mol. The molecule has 1 aromatic rings. The van der Waals surface area contributed by atoms with Crippen LogP contribution in [0.4, 0.5) is 5.69 Å². The molecule has 1 aromatic carbocycles. The van der Waals surface area contributed by atoms with Gasteiger partial charge in [0.25, 0.3) is 0 Å². The Kier molecular flexibility index (Phi) is 3.28. The van der Waals surface area contributed by atoms with Crippen LogP contribution in [0.1, 0.15) is 36.2 Å². The number of carbonyl (C=O) groups excluding carboxylic acids is 1. The number of anilines is 1. The maximum atomic E-state index is 11.7. The molecule has 0 radical (unpaired) electrons. The van der Waals surface area contributed by atoms with Crippen molar-refractivity contribution in [2.24, 2.45) is 5.92 Å². The van der Waals surface area contributed by atoms with Crippen LogP contribution in [0.5, 0.6) is 0 Å². The molecule has 0 aliphatic rings. The summed E-state index contributed by atoms with van der Waals surface area (Å²) in [5, 5.41) is 0. The monoisotopic (exact) mass is 191 g/mol. The highest BCUT2D eigenvalue weighted by molar-refractivity contribution is 6.00. The van der Waals surface area contributed by atoms with E-state index in [1.54, 1.807) is 6.07 Å². The van der Waals surface area contributed by atoms with Crippen molar-refractivity contribution in [3.05, 3.63) is 29.3 Å². The Labute approximate surface area is 85.1 Å². The van der Waals surface area contributed by atoms with Crippen LogP contribution in [0.2, 0.25) is 0 Å². The summed E-state index contributed by atoms with van der Waals surface area (Å²) in [7, 11) is 0. The summed E-state index contributed by atoms with van der Waals surface area (Å²) in [5.41, 5.74) is 8.07. The minimum atomic E-state index is 0.140. The van der Waals surface area contributed by atoms with Crippen LogP contribution in [0.25, 0.3) is 0 Å². The Bertz CT molecular complexity index is 342. The van der Waals surface area contributed by atoms with E-state index in [-0.39, 0.29) is 5.78 Å². The van der Waals surface area contributed by atoms with Gasteiger partial charge in [-0.25, -0.2) is 0 Å². The standard InChI is InChI=1S/C12H17NO/c1-8(2)6-12(14)10-7-9(3)4-5-11(10)13/h4-5,7-8H,6,13H2,1-3H3. The maximum Gasteiger partial charge on any atom is 0.165 e. The molecule has 14 heavy (non-hydrogen) atoms. The molecule has 0 aliphatic heterocycles. The van der Waals surface area contributed by atoms with Gasteiger partial charge in [-0.05, 0) is 25.0 Å². The smallest absolute Gasteiger partial charge is 0.165 e. The summed E-state index contributed by atoms with van der Waals surface area (Å²) >= 11 is 0. The second-order valence-corrected chi connectivity index (χ2v) is 4.11. The SMILES string of the molecule is Cc1ccc(N)c(C(=O)CC(C)C)c1. The number of rotatable bonds is 3. The zero-order valence-corrected chi connectivity index (χ0v) is 9.00. The predicted octanol–water partition coefficient (Wildman–Crippen LogP) is 2.81. The van der Waals surface area contributed by atoms with Gasteiger partial charge in [-0.3, -0.25) is 4.79 Å². The fourth-order valence-electron chi connectivity index (χ4n) is 1.39. The van der Waals surface area contributed by atoms with Gasteiger partial charge in [-0.15, -0.1) is 0 Å². The van der Waals surface area contributed by atoms with E-state index in [2.05, 4.69) is 0 Å². The van der Waals surface area contributed by atoms with E-state index in [4.69, 9.17) is 5.73 Å². The number of ketones is 1. The summed E-state index contributed by atoms with van der Waals surface area (Å²) < 4.78 is 0. The molecule has 0 aliphatic carbocycles. The van der Waals surface area contributed by atoms with Gasteiger partial charge in [-0.2, -0.15) is 0 Å². The summed E-state index contributed by atoms with van der Waals surface area (Å²) in [4.78, 5) is 11.7. The van der Waals surface area contributed by atoms with Gasteiger partial charge in [-0.1, -0.05) is 25.5 Å². The Balaban J connectivity index is 2.94. The Hall–Kier alpha value is -1.31. The van der Waals surface area contributed by atoms with Crippen LogP contribution in [0.15, 0.2) is 18.2 Å². The molecule has 76 valence electrons. The first-order chi connectivity index (χ1) is 6.50. The molecular weight excluding hydrogens is 174 g/mol. The minimum Gasteiger partial charge on any atom is -0.398 e. The summed E-state index contributed by atoms with van der Waals surface area (Å²) in [6, 6.07) is 5.57. The number of hydrogen-bond donors (Lipinski definition) is 1. The van der Waals surface area contributed by atoms with E-state index < -0.39 is 0 Å². The van der Waals surface area contributed by atoms with Crippen LogP contribution >= 0.6 is 0 Å². The highest BCUT2D eigenvalue weighted by Gasteiger charge is 2.11. The van der Waals surface area contributed by atoms with Crippen molar-refractivity contribution in [2.75, 3.05) is 5.73 Å². The van der Waals surface area contributed by atoms with Crippen molar-refractivity contribution in [3.63, 3.8) is 0 Å². The van der Waals surface area contributed by atoms with E-state index >= 15 is 0 Å². The molecule has 0 atom stereocenters. The van der Waals surface area contributed by atoms with Crippen LogP contribution in [0.3, 0.4) is 0 Å². The number of benzene rings is 1. The van der Waals surface area contributed by atoms with E-state index in [1.807, 2.05) is 32.9 Å². The highest BCUT2D eigenvalue weighted by Crippen LogP contribution is 2.17. The zero-order valence-electron chi connectivity index (χ0n) is 9.00. The van der Waals surface area contributed by atoms with Crippen LogP contribution in [-0.4, -0.2) is 5.78 Å². The van der Waals surface area contributed by atoms with Crippen molar-refractivity contribution < 1.29 is 4.79 Å². The van der Waals surface area contributed by atoms with Crippen molar-refractivity contribution >= 4 is 11.5 Å². The third-order valence-corrected chi connectivity index (χ3v) is 2.10. The van der Waals surface area contributed by atoms with Crippen LogP contribution in [0, 0.1) is 12.8 Å². The molecule has 2 N–H and O–H groups in total. The van der Waals surface area contributed by atoms with Crippen LogP contribution < -0.4 is 5.73 Å². The fourth-order valence-corrected chi connectivity index (χ4v) is 1.39. The number of Topliss-reactive ketones (excluding diaryl/α,β-unsaturated/α-hetero) is 1. The van der Waals surface area contributed by atoms with Crippen LogP contribution in [-0.2, 0) is 0 Å². The number of nitrogens with two attached hydrogens (primary N) is 1. The zero-order chi connectivity index (χ0) is 10.7. The number of aryl methyl sites for hydroxylation is 1. The Morgan fingerprint density at radius 3 is 2.64 bits per heavy atom. The summed E-state index contributed by atoms with van der Waals surface area (Å²) in [6.07, 6.45) is 0.563. The van der Waals surface area contributed by atoms with Gasteiger partial charge in [0.15, 0.2) is 5.78 Å². The fraction of sp³-hybridized carbons (Fsp3) is 0.417. The maximum absolute atomic E-state index is 11.7. The van der Waals surface area contributed by atoms with Gasteiger partial charge >= 0.3 is 0 Å². The van der Waals surface area contributed by atoms with E-state index in [1.165, 1.54) is 0 Å². The van der Waals surface area contributed by atoms with Gasteiger partial charge in [0.2, 0.25) is 0 Å². The largest absolute Gasteiger partial charge is 0.398 e. The molecule has 2 heteroatoms.